The topological polar surface area (TPSA) is 91.7 Å². The second-order valence-electron chi connectivity index (χ2n) is 9.22. The normalized spacial score (nSPS) is 18.9. The molecule has 6 rings (SSSR count). The second kappa shape index (κ2) is 8.55. The standard InChI is InChI=1S/C27H21F2N5O3/c1-3-18-21(28)7-4-14-8-17(36)9-19(22(14)18)24-23(29)25-20(10-30-24)26(32-27(31-25)37-2)33-11-15-5-6-16(12-33)34(15)13-35/h1,4,7-10,13,15-16,36H,5-6,11-12H2,2H3. The first-order valence-electron chi connectivity index (χ1n) is 11.7. The third-order valence-corrected chi connectivity index (χ3v) is 7.24. The lowest BCUT2D eigenvalue weighted by atomic mass is 9.96. The zero-order chi connectivity index (χ0) is 25.8. The molecule has 0 spiro atoms. The van der Waals surface area contributed by atoms with Crippen molar-refractivity contribution in [2.24, 2.45) is 0 Å². The number of carbonyl (C=O) groups excluding carboxylic acids is 1. The van der Waals surface area contributed by atoms with Crippen LogP contribution in [-0.4, -0.2) is 63.7 Å². The van der Waals surface area contributed by atoms with E-state index in [1.165, 1.54) is 37.6 Å². The van der Waals surface area contributed by atoms with Gasteiger partial charge in [-0.15, -0.1) is 6.42 Å². The number of aromatic nitrogens is 3. The molecule has 37 heavy (non-hydrogen) atoms. The molecule has 1 amide bonds. The summed E-state index contributed by atoms with van der Waals surface area (Å²) in [5.74, 6) is 1.21. The minimum absolute atomic E-state index is 0.0279. The number of phenolic OH excluding ortho intramolecular Hbond substituents is 1. The Hall–Kier alpha value is -4.52. The molecule has 0 radical (unpaired) electrons. The molecular weight excluding hydrogens is 480 g/mol. The molecule has 8 nitrogen and oxygen atoms in total. The Morgan fingerprint density at radius 2 is 1.95 bits per heavy atom. The maximum absolute atomic E-state index is 16.2. The number of methoxy groups -OCH3 is 1. The Labute approximate surface area is 210 Å². The molecule has 2 aliphatic rings. The Kier molecular flexibility index (Phi) is 5.30. The van der Waals surface area contributed by atoms with Crippen LogP contribution >= 0.6 is 0 Å². The van der Waals surface area contributed by atoms with E-state index in [0.29, 0.717) is 29.7 Å². The Morgan fingerprint density at radius 3 is 2.62 bits per heavy atom. The lowest BCUT2D eigenvalue weighted by Gasteiger charge is -2.39. The Balaban J connectivity index is 1.56. The van der Waals surface area contributed by atoms with Gasteiger partial charge in [-0.1, -0.05) is 12.0 Å². The fourth-order valence-corrected chi connectivity index (χ4v) is 5.58. The van der Waals surface area contributed by atoms with Gasteiger partial charge in [-0.2, -0.15) is 9.97 Å². The predicted octanol–water partition coefficient (Wildman–Crippen LogP) is 3.63. The molecule has 186 valence electrons. The highest BCUT2D eigenvalue weighted by Crippen LogP contribution is 2.39. The van der Waals surface area contributed by atoms with Crippen molar-refractivity contribution in [2.75, 3.05) is 25.1 Å². The van der Waals surface area contributed by atoms with Crippen molar-refractivity contribution in [1.29, 1.82) is 0 Å². The summed E-state index contributed by atoms with van der Waals surface area (Å²) in [7, 11) is 1.39. The Bertz CT molecular complexity index is 1620. The van der Waals surface area contributed by atoms with Gasteiger partial charge >= 0.3 is 6.01 Å². The monoisotopic (exact) mass is 501 g/mol. The van der Waals surface area contributed by atoms with Gasteiger partial charge in [-0.05, 0) is 36.4 Å². The smallest absolute Gasteiger partial charge is 0.318 e. The largest absolute Gasteiger partial charge is 0.508 e. The van der Waals surface area contributed by atoms with Gasteiger partial charge in [0, 0.05) is 42.3 Å². The number of halogens is 2. The van der Waals surface area contributed by atoms with Crippen LogP contribution in [0.5, 0.6) is 11.8 Å². The van der Waals surface area contributed by atoms with Gasteiger partial charge in [0.05, 0.1) is 18.1 Å². The highest BCUT2D eigenvalue weighted by molar-refractivity contribution is 6.03. The van der Waals surface area contributed by atoms with Crippen molar-refractivity contribution in [3.05, 3.63) is 47.7 Å². The average molecular weight is 501 g/mol. The van der Waals surface area contributed by atoms with Gasteiger partial charge < -0.3 is 19.6 Å². The maximum atomic E-state index is 16.2. The number of pyridine rings is 1. The van der Waals surface area contributed by atoms with Crippen molar-refractivity contribution in [1.82, 2.24) is 19.9 Å². The van der Waals surface area contributed by atoms with E-state index in [9.17, 15) is 14.3 Å². The maximum Gasteiger partial charge on any atom is 0.318 e. The quantitative estimate of drug-likeness (QED) is 0.337. The van der Waals surface area contributed by atoms with Crippen LogP contribution in [0.4, 0.5) is 14.6 Å². The van der Waals surface area contributed by atoms with Crippen molar-refractivity contribution in [3.8, 4) is 35.4 Å². The predicted molar refractivity (Wildman–Crippen MR) is 133 cm³/mol. The number of hydrogen-bond acceptors (Lipinski definition) is 7. The molecule has 2 fully saturated rings. The van der Waals surface area contributed by atoms with Crippen molar-refractivity contribution in [2.45, 2.75) is 24.9 Å². The molecule has 2 aromatic carbocycles. The number of aromatic hydroxyl groups is 1. The number of nitrogens with zero attached hydrogens (tertiary/aromatic N) is 5. The number of amides is 1. The molecule has 0 saturated carbocycles. The zero-order valence-corrected chi connectivity index (χ0v) is 19.8. The molecule has 10 heteroatoms. The zero-order valence-electron chi connectivity index (χ0n) is 19.8. The summed E-state index contributed by atoms with van der Waals surface area (Å²) in [6.45, 7) is 1.08. The fourth-order valence-electron chi connectivity index (χ4n) is 5.58. The summed E-state index contributed by atoms with van der Waals surface area (Å²) >= 11 is 0. The first kappa shape index (κ1) is 22.9. The van der Waals surface area contributed by atoms with Crippen molar-refractivity contribution < 1.29 is 23.4 Å². The van der Waals surface area contributed by atoms with Crippen molar-refractivity contribution >= 4 is 33.9 Å². The lowest BCUT2D eigenvalue weighted by molar-refractivity contribution is -0.121. The molecule has 4 heterocycles. The van der Waals surface area contributed by atoms with Crippen LogP contribution in [0, 0.1) is 24.0 Å². The number of ether oxygens (including phenoxy) is 1. The van der Waals surface area contributed by atoms with Crippen LogP contribution in [0.25, 0.3) is 32.9 Å². The van der Waals surface area contributed by atoms with E-state index in [-0.39, 0.29) is 51.6 Å². The van der Waals surface area contributed by atoms with Gasteiger partial charge in [-0.3, -0.25) is 9.78 Å². The van der Waals surface area contributed by atoms with Crippen LogP contribution in [0.2, 0.25) is 0 Å². The molecule has 2 atom stereocenters. The third-order valence-electron chi connectivity index (χ3n) is 7.24. The summed E-state index contributed by atoms with van der Waals surface area (Å²) in [6, 6.07) is 5.45. The molecular formula is C27H21F2N5O3. The van der Waals surface area contributed by atoms with Crippen LogP contribution in [0.1, 0.15) is 18.4 Å². The number of carbonyl (C=O) groups is 1. The second-order valence-corrected chi connectivity index (χ2v) is 9.22. The number of phenols is 1. The van der Waals surface area contributed by atoms with E-state index in [4.69, 9.17) is 11.2 Å². The number of terminal acetylenes is 1. The van der Waals surface area contributed by atoms with E-state index in [1.807, 2.05) is 9.80 Å². The summed E-state index contributed by atoms with van der Waals surface area (Å²) in [6.07, 6.45) is 9.70. The van der Waals surface area contributed by atoms with Crippen LogP contribution < -0.4 is 9.64 Å². The molecule has 4 aromatic rings. The molecule has 2 aromatic heterocycles. The van der Waals surface area contributed by atoms with Crippen LogP contribution in [-0.2, 0) is 4.79 Å². The van der Waals surface area contributed by atoms with Gasteiger partial charge in [-0.25, -0.2) is 8.78 Å². The number of rotatable bonds is 4. The Morgan fingerprint density at radius 1 is 1.19 bits per heavy atom. The first-order chi connectivity index (χ1) is 17.9. The number of benzene rings is 2. The number of hydrogen-bond donors (Lipinski definition) is 1. The molecule has 1 N–H and O–H groups in total. The SMILES string of the molecule is C#Cc1c(F)ccc2cc(O)cc(-c3ncc4c(N5CC6CCC(C5)N6C=O)nc(OC)nc4c3F)c12. The summed E-state index contributed by atoms with van der Waals surface area (Å²) in [4.78, 5) is 28.5. The molecule has 2 aliphatic heterocycles. The van der Waals surface area contributed by atoms with E-state index in [1.54, 1.807) is 0 Å². The van der Waals surface area contributed by atoms with Gasteiger partial charge in [0.25, 0.3) is 0 Å². The lowest BCUT2D eigenvalue weighted by Crippen LogP contribution is -2.53. The average Bonchev–Trinajstić information content (AvgIpc) is 3.15. The van der Waals surface area contributed by atoms with Gasteiger partial charge in [0.1, 0.15) is 28.6 Å². The van der Waals surface area contributed by atoms with E-state index in [0.717, 1.165) is 19.3 Å². The van der Waals surface area contributed by atoms with Gasteiger partial charge in [0.15, 0.2) is 5.82 Å². The first-order valence-corrected chi connectivity index (χ1v) is 11.7. The van der Waals surface area contributed by atoms with Crippen molar-refractivity contribution in [3.63, 3.8) is 0 Å². The minimum Gasteiger partial charge on any atom is -0.508 e. The molecule has 0 aliphatic carbocycles. The third kappa shape index (κ3) is 3.49. The van der Waals surface area contributed by atoms with E-state index >= 15 is 4.39 Å². The highest BCUT2D eigenvalue weighted by Gasteiger charge is 2.40. The number of piperazine rings is 1. The number of anilines is 1. The summed E-state index contributed by atoms with van der Waals surface area (Å²) < 4.78 is 36.0. The summed E-state index contributed by atoms with van der Waals surface area (Å²) in [5.41, 5.74) is -0.0999. The molecule has 2 unspecified atom stereocenters. The molecule has 2 saturated heterocycles. The van der Waals surface area contributed by atoms with E-state index < -0.39 is 11.6 Å². The molecule has 2 bridgehead atoms. The number of fused-ring (bicyclic) bond motifs is 4. The highest BCUT2D eigenvalue weighted by atomic mass is 19.1. The van der Waals surface area contributed by atoms with E-state index in [2.05, 4.69) is 20.9 Å². The summed E-state index contributed by atoms with van der Waals surface area (Å²) in [5, 5.41) is 11.4. The minimum atomic E-state index is -0.784. The van der Waals surface area contributed by atoms with Crippen LogP contribution in [0.15, 0.2) is 30.5 Å². The van der Waals surface area contributed by atoms with Gasteiger partial charge in [0.2, 0.25) is 6.41 Å². The fraction of sp³-hybridized carbons (Fsp3) is 0.259. The van der Waals surface area contributed by atoms with Crippen LogP contribution in [0.3, 0.4) is 0 Å².